The number of hydrogen-bond acceptors (Lipinski definition) is 4. The lowest BCUT2D eigenvalue weighted by Crippen LogP contribution is -2.42. The van der Waals surface area contributed by atoms with Gasteiger partial charge in [-0.2, -0.15) is 0 Å². The van der Waals surface area contributed by atoms with Crippen LogP contribution < -0.4 is 0 Å². The molecular formula is C11H12N2O3S. The third-order valence-corrected chi connectivity index (χ3v) is 3.60. The maximum atomic E-state index is 12.0. The summed E-state index contributed by atoms with van der Waals surface area (Å²) in [7, 11) is 0. The summed E-state index contributed by atoms with van der Waals surface area (Å²) in [4.78, 5) is 28.2. The van der Waals surface area contributed by atoms with Gasteiger partial charge in [-0.1, -0.05) is 0 Å². The molecule has 0 spiro atoms. The maximum absolute atomic E-state index is 12.0. The molecule has 1 unspecified atom stereocenters. The lowest BCUT2D eigenvalue weighted by Gasteiger charge is -2.20. The molecule has 1 amide bonds. The SMILES string of the molecule is O=C(O)C1CSCN1C(=O)Cc1ccncc1. The Morgan fingerprint density at radius 1 is 1.47 bits per heavy atom. The van der Waals surface area contributed by atoms with Crippen LogP contribution in [0, 0.1) is 0 Å². The molecule has 17 heavy (non-hydrogen) atoms. The number of pyridine rings is 1. The molecule has 1 N–H and O–H groups in total. The van der Waals surface area contributed by atoms with Crippen LogP contribution >= 0.6 is 11.8 Å². The molecule has 1 fully saturated rings. The van der Waals surface area contributed by atoms with Crippen molar-refractivity contribution >= 4 is 23.6 Å². The van der Waals surface area contributed by atoms with E-state index in [1.807, 2.05) is 0 Å². The summed E-state index contributed by atoms with van der Waals surface area (Å²) >= 11 is 1.47. The van der Waals surface area contributed by atoms with E-state index < -0.39 is 12.0 Å². The molecule has 0 aromatic carbocycles. The highest BCUT2D eigenvalue weighted by molar-refractivity contribution is 7.99. The van der Waals surface area contributed by atoms with Crippen LogP contribution in [0.25, 0.3) is 0 Å². The second kappa shape index (κ2) is 5.18. The number of amides is 1. The zero-order valence-corrected chi connectivity index (χ0v) is 9.89. The summed E-state index contributed by atoms with van der Waals surface area (Å²) in [6.07, 6.45) is 3.47. The Morgan fingerprint density at radius 3 is 2.82 bits per heavy atom. The normalized spacial score (nSPS) is 19.3. The van der Waals surface area contributed by atoms with Gasteiger partial charge < -0.3 is 10.0 Å². The molecule has 2 rings (SSSR count). The first kappa shape index (κ1) is 11.9. The van der Waals surface area contributed by atoms with Crippen molar-refractivity contribution in [1.82, 2.24) is 9.88 Å². The van der Waals surface area contributed by atoms with Gasteiger partial charge in [-0.15, -0.1) is 11.8 Å². The van der Waals surface area contributed by atoms with Crippen LogP contribution in [-0.4, -0.2) is 44.5 Å². The number of aromatic nitrogens is 1. The highest BCUT2D eigenvalue weighted by Gasteiger charge is 2.34. The molecule has 0 aliphatic carbocycles. The first-order valence-corrected chi connectivity index (χ1v) is 6.33. The fourth-order valence-corrected chi connectivity index (χ4v) is 2.84. The molecule has 90 valence electrons. The maximum Gasteiger partial charge on any atom is 0.327 e. The van der Waals surface area contributed by atoms with Crippen molar-refractivity contribution in [3.63, 3.8) is 0 Å². The van der Waals surface area contributed by atoms with E-state index in [2.05, 4.69) is 4.98 Å². The van der Waals surface area contributed by atoms with Crippen LogP contribution in [0.1, 0.15) is 5.56 Å². The molecule has 0 saturated carbocycles. The largest absolute Gasteiger partial charge is 0.480 e. The predicted molar refractivity (Wildman–Crippen MR) is 63.5 cm³/mol. The van der Waals surface area contributed by atoms with Gasteiger partial charge >= 0.3 is 5.97 Å². The number of hydrogen-bond donors (Lipinski definition) is 1. The van der Waals surface area contributed by atoms with Crippen LogP contribution in [0.4, 0.5) is 0 Å². The van der Waals surface area contributed by atoms with Gasteiger partial charge in [0.2, 0.25) is 5.91 Å². The summed E-state index contributed by atoms with van der Waals surface area (Å²) in [5.41, 5.74) is 0.853. The predicted octanol–water partition coefficient (Wildman–Crippen LogP) is 0.610. The highest BCUT2D eigenvalue weighted by Crippen LogP contribution is 2.21. The monoisotopic (exact) mass is 252 g/mol. The van der Waals surface area contributed by atoms with Crippen LogP contribution in [0.5, 0.6) is 0 Å². The molecule has 1 atom stereocenters. The summed E-state index contributed by atoms with van der Waals surface area (Å²) in [6, 6.07) is 2.84. The summed E-state index contributed by atoms with van der Waals surface area (Å²) in [5, 5.41) is 8.98. The van der Waals surface area contributed by atoms with Gasteiger partial charge in [0.15, 0.2) is 0 Å². The molecule has 1 aliphatic heterocycles. The van der Waals surface area contributed by atoms with Crippen molar-refractivity contribution < 1.29 is 14.7 Å². The number of aliphatic carboxylic acids is 1. The first-order chi connectivity index (χ1) is 8.18. The number of carbonyl (C=O) groups is 2. The van der Waals surface area contributed by atoms with Gasteiger partial charge in [0.1, 0.15) is 6.04 Å². The zero-order valence-electron chi connectivity index (χ0n) is 9.07. The topological polar surface area (TPSA) is 70.5 Å². The molecule has 1 aromatic rings. The van der Waals surface area contributed by atoms with Crippen molar-refractivity contribution in [3.8, 4) is 0 Å². The summed E-state index contributed by atoms with van der Waals surface area (Å²) < 4.78 is 0. The van der Waals surface area contributed by atoms with Crippen molar-refractivity contribution in [2.45, 2.75) is 12.5 Å². The average molecular weight is 252 g/mol. The Bertz CT molecular complexity index is 424. The zero-order chi connectivity index (χ0) is 12.3. The summed E-state index contributed by atoms with van der Waals surface area (Å²) in [6.45, 7) is 0. The number of rotatable bonds is 3. The quantitative estimate of drug-likeness (QED) is 0.853. The Balaban J connectivity index is 2.03. The van der Waals surface area contributed by atoms with E-state index in [-0.39, 0.29) is 12.3 Å². The second-order valence-electron chi connectivity index (χ2n) is 3.75. The lowest BCUT2D eigenvalue weighted by molar-refractivity contribution is -0.147. The van der Waals surface area contributed by atoms with Crippen LogP contribution in [0.15, 0.2) is 24.5 Å². The van der Waals surface area contributed by atoms with Gasteiger partial charge in [-0.3, -0.25) is 9.78 Å². The molecule has 5 nitrogen and oxygen atoms in total. The van der Waals surface area contributed by atoms with Crippen LogP contribution in [0.2, 0.25) is 0 Å². The minimum Gasteiger partial charge on any atom is -0.480 e. The number of thioether (sulfide) groups is 1. The third-order valence-electron chi connectivity index (χ3n) is 2.59. The van der Waals surface area contributed by atoms with Gasteiger partial charge in [-0.05, 0) is 17.7 Å². The van der Waals surface area contributed by atoms with Gasteiger partial charge in [0, 0.05) is 18.1 Å². The van der Waals surface area contributed by atoms with Crippen molar-refractivity contribution in [2.24, 2.45) is 0 Å². The Hall–Kier alpha value is -1.56. The Morgan fingerprint density at radius 2 is 2.18 bits per heavy atom. The van der Waals surface area contributed by atoms with Gasteiger partial charge in [0.05, 0.1) is 12.3 Å². The lowest BCUT2D eigenvalue weighted by atomic mass is 10.1. The molecular weight excluding hydrogens is 240 g/mol. The number of carbonyl (C=O) groups excluding carboxylic acids is 1. The van der Waals surface area contributed by atoms with E-state index >= 15 is 0 Å². The highest BCUT2D eigenvalue weighted by atomic mass is 32.2. The smallest absolute Gasteiger partial charge is 0.327 e. The second-order valence-corrected chi connectivity index (χ2v) is 4.75. The van der Waals surface area contributed by atoms with Crippen LogP contribution in [-0.2, 0) is 16.0 Å². The molecule has 0 bridgehead atoms. The Kier molecular flexibility index (Phi) is 3.63. The third kappa shape index (κ3) is 2.76. The van der Waals surface area contributed by atoms with E-state index in [1.54, 1.807) is 24.5 Å². The van der Waals surface area contributed by atoms with Gasteiger partial charge in [-0.25, -0.2) is 4.79 Å². The average Bonchev–Trinajstić information content (AvgIpc) is 2.79. The fourth-order valence-electron chi connectivity index (χ4n) is 1.67. The van der Waals surface area contributed by atoms with Crippen molar-refractivity contribution in [2.75, 3.05) is 11.6 Å². The van der Waals surface area contributed by atoms with Crippen molar-refractivity contribution in [1.29, 1.82) is 0 Å². The Labute approximate surface area is 103 Å². The van der Waals surface area contributed by atoms with E-state index in [4.69, 9.17) is 5.11 Å². The minimum atomic E-state index is -0.932. The van der Waals surface area contributed by atoms with Crippen LogP contribution in [0.3, 0.4) is 0 Å². The van der Waals surface area contributed by atoms with E-state index in [9.17, 15) is 9.59 Å². The molecule has 1 saturated heterocycles. The van der Waals surface area contributed by atoms with Gasteiger partial charge in [0.25, 0.3) is 0 Å². The number of nitrogens with zero attached hydrogens (tertiary/aromatic N) is 2. The molecule has 1 aromatic heterocycles. The first-order valence-electron chi connectivity index (χ1n) is 5.17. The molecule has 0 radical (unpaired) electrons. The molecule has 1 aliphatic rings. The van der Waals surface area contributed by atoms with Crippen molar-refractivity contribution in [3.05, 3.63) is 30.1 Å². The fraction of sp³-hybridized carbons (Fsp3) is 0.364. The van der Waals surface area contributed by atoms with E-state index in [0.717, 1.165) is 5.56 Å². The minimum absolute atomic E-state index is 0.145. The molecule has 2 heterocycles. The van der Waals surface area contributed by atoms with E-state index in [0.29, 0.717) is 11.6 Å². The molecule has 6 heteroatoms. The number of carboxylic acid groups (broad SMARTS) is 1. The summed E-state index contributed by atoms with van der Waals surface area (Å²) in [5.74, 6) is -0.148. The van der Waals surface area contributed by atoms with E-state index in [1.165, 1.54) is 16.7 Å². The number of carboxylic acids is 1. The standard InChI is InChI=1S/C11H12N2O3S/c14-10(5-8-1-3-12-4-2-8)13-7-17-6-9(13)11(15)16/h1-4,9H,5-7H2,(H,15,16).